The zero-order valence-corrected chi connectivity index (χ0v) is 13.3. The Morgan fingerprint density at radius 1 is 1.19 bits per heavy atom. The highest BCUT2D eigenvalue weighted by molar-refractivity contribution is 9.10. The van der Waals surface area contributed by atoms with Crippen molar-refractivity contribution in [3.05, 3.63) is 54.6 Å². The molecule has 0 aliphatic rings. The first-order valence-corrected chi connectivity index (χ1v) is 7.63. The van der Waals surface area contributed by atoms with Gasteiger partial charge in [-0.05, 0) is 51.5 Å². The summed E-state index contributed by atoms with van der Waals surface area (Å²) in [6, 6.07) is 8.26. The predicted molar refractivity (Wildman–Crippen MR) is 78.6 cm³/mol. The highest BCUT2D eigenvalue weighted by Gasteiger charge is 2.15. The van der Waals surface area contributed by atoms with E-state index in [1.54, 1.807) is 11.3 Å². The molecule has 0 fully saturated rings. The van der Waals surface area contributed by atoms with E-state index in [1.165, 1.54) is 5.56 Å². The molecule has 0 N–H and O–H groups in total. The molecule has 1 aromatic carbocycles. The summed E-state index contributed by atoms with van der Waals surface area (Å²) in [5.41, 5.74) is 2.33. The lowest BCUT2D eigenvalue weighted by molar-refractivity contribution is 1.16. The Morgan fingerprint density at radius 3 is 2.50 bits per heavy atom. The second-order valence-corrected chi connectivity index (χ2v) is 6.60. The lowest BCUT2D eigenvalue weighted by Gasteiger charge is -2.10. The van der Waals surface area contributed by atoms with E-state index in [0.717, 1.165) is 19.4 Å². The maximum atomic E-state index is 6.46. The number of benzene rings is 1. The van der Waals surface area contributed by atoms with E-state index >= 15 is 0 Å². The maximum Gasteiger partial charge on any atom is 0.0939 e. The van der Waals surface area contributed by atoms with Gasteiger partial charge in [0.1, 0.15) is 0 Å². The summed E-state index contributed by atoms with van der Waals surface area (Å²) >= 11 is 15.2. The number of aryl methyl sites for hydroxylation is 1. The van der Waals surface area contributed by atoms with Gasteiger partial charge in [-0.1, -0.05) is 28.1 Å². The lowest BCUT2D eigenvalue weighted by atomic mass is 10.1. The molecule has 0 spiro atoms. The van der Waals surface area contributed by atoms with E-state index in [2.05, 4.69) is 57.0 Å². The van der Waals surface area contributed by atoms with Crippen molar-refractivity contribution in [3.63, 3.8) is 0 Å². The summed E-state index contributed by atoms with van der Waals surface area (Å²) in [7, 11) is 0. The largest absolute Gasteiger partial charge is 0.146 e. The molecule has 1 heterocycles. The van der Waals surface area contributed by atoms with Gasteiger partial charge in [0.25, 0.3) is 0 Å². The number of rotatable bonds is 2. The molecule has 0 bridgehead atoms. The lowest BCUT2D eigenvalue weighted by Crippen LogP contribution is -1.91. The molecule has 0 amide bonds. The maximum absolute atomic E-state index is 6.46. The van der Waals surface area contributed by atoms with Crippen molar-refractivity contribution in [2.24, 2.45) is 0 Å². The molecule has 16 heavy (non-hydrogen) atoms. The van der Waals surface area contributed by atoms with Crippen molar-refractivity contribution in [3.8, 4) is 0 Å². The highest BCUT2D eigenvalue weighted by atomic mass is 79.9. The fraction of sp³-hybridized carbons (Fsp3) is 0.167. The highest BCUT2D eigenvalue weighted by Crippen LogP contribution is 2.38. The summed E-state index contributed by atoms with van der Waals surface area (Å²) in [4.78, 5) is 1.15. The van der Waals surface area contributed by atoms with Gasteiger partial charge in [0.15, 0.2) is 0 Å². The van der Waals surface area contributed by atoms with E-state index in [0.29, 0.717) is 0 Å². The fourth-order valence-electron chi connectivity index (χ4n) is 1.40. The van der Waals surface area contributed by atoms with Crippen molar-refractivity contribution in [2.45, 2.75) is 12.3 Å². The van der Waals surface area contributed by atoms with Crippen LogP contribution < -0.4 is 0 Å². The Kier molecular flexibility index (Phi) is 4.11. The normalized spacial score (nSPS) is 12.8. The first kappa shape index (κ1) is 12.6. The van der Waals surface area contributed by atoms with Gasteiger partial charge in [-0.2, -0.15) is 0 Å². The third-order valence-electron chi connectivity index (χ3n) is 2.36. The van der Waals surface area contributed by atoms with Gasteiger partial charge in [-0.25, -0.2) is 0 Å². The van der Waals surface area contributed by atoms with Crippen molar-refractivity contribution < 1.29 is 0 Å². The van der Waals surface area contributed by atoms with Crippen LogP contribution in [0.25, 0.3) is 0 Å². The average molecular weight is 381 g/mol. The smallest absolute Gasteiger partial charge is 0.0939 e. The zero-order valence-electron chi connectivity index (χ0n) is 8.51. The number of hydrogen-bond acceptors (Lipinski definition) is 1. The van der Waals surface area contributed by atoms with Crippen molar-refractivity contribution in [1.29, 1.82) is 0 Å². The van der Waals surface area contributed by atoms with Gasteiger partial charge in [0, 0.05) is 13.8 Å². The molecule has 0 aliphatic carbocycles. The van der Waals surface area contributed by atoms with Crippen LogP contribution in [0.4, 0.5) is 0 Å². The molecule has 2 aromatic rings. The Hall–Kier alpha value is 0.170. The second kappa shape index (κ2) is 5.21. The van der Waals surface area contributed by atoms with E-state index < -0.39 is 0 Å². The molecular weight excluding hydrogens is 371 g/mol. The molecule has 84 valence electrons. The third kappa shape index (κ3) is 2.53. The molecule has 0 radical (unpaired) electrons. The van der Waals surface area contributed by atoms with E-state index in [4.69, 9.17) is 11.6 Å². The standard InChI is InChI=1S/C12H9Br2ClS/c1-7-2-3-8(6-10(7)14)11(15)12-9(13)4-5-16-12/h2-6,11H,1H3. The van der Waals surface area contributed by atoms with Crippen LogP contribution >= 0.6 is 54.8 Å². The molecule has 1 atom stereocenters. The Bertz CT molecular complexity index is 507. The van der Waals surface area contributed by atoms with Gasteiger partial charge in [0.2, 0.25) is 0 Å². The van der Waals surface area contributed by atoms with Crippen molar-refractivity contribution >= 4 is 54.8 Å². The van der Waals surface area contributed by atoms with Crippen LogP contribution in [0.5, 0.6) is 0 Å². The first-order valence-electron chi connectivity index (χ1n) is 4.72. The minimum Gasteiger partial charge on any atom is -0.146 e. The van der Waals surface area contributed by atoms with Gasteiger partial charge in [0.05, 0.1) is 5.38 Å². The fourth-order valence-corrected chi connectivity index (χ4v) is 3.94. The number of halogens is 3. The minimum absolute atomic E-state index is 0.0914. The van der Waals surface area contributed by atoms with Gasteiger partial charge >= 0.3 is 0 Å². The molecular formula is C12H9Br2ClS. The van der Waals surface area contributed by atoms with Crippen LogP contribution in [0.3, 0.4) is 0 Å². The predicted octanol–water partition coefficient (Wildman–Crippen LogP) is 5.91. The van der Waals surface area contributed by atoms with Crippen LogP contribution in [-0.4, -0.2) is 0 Å². The number of thiophene rings is 1. The monoisotopic (exact) mass is 378 g/mol. The van der Waals surface area contributed by atoms with E-state index in [-0.39, 0.29) is 5.38 Å². The quantitative estimate of drug-likeness (QED) is 0.568. The van der Waals surface area contributed by atoms with Crippen molar-refractivity contribution in [2.75, 3.05) is 0 Å². The summed E-state index contributed by atoms with van der Waals surface area (Å²) in [5.74, 6) is 0. The Balaban J connectivity index is 2.38. The summed E-state index contributed by atoms with van der Waals surface area (Å²) < 4.78 is 2.18. The van der Waals surface area contributed by atoms with E-state index in [1.807, 2.05) is 11.4 Å². The van der Waals surface area contributed by atoms with Crippen LogP contribution in [0.15, 0.2) is 38.6 Å². The Labute approximate surface area is 121 Å². The minimum atomic E-state index is -0.0914. The molecule has 1 aromatic heterocycles. The molecule has 0 saturated carbocycles. The number of hydrogen-bond donors (Lipinski definition) is 0. The van der Waals surface area contributed by atoms with Crippen LogP contribution in [0.2, 0.25) is 0 Å². The zero-order chi connectivity index (χ0) is 11.7. The van der Waals surface area contributed by atoms with Crippen LogP contribution in [0.1, 0.15) is 21.4 Å². The first-order chi connectivity index (χ1) is 7.59. The third-order valence-corrected chi connectivity index (χ3v) is 5.75. The average Bonchev–Trinajstić information content (AvgIpc) is 2.67. The Morgan fingerprint density at radius 2 is 1.94 bits per heavy atom. The van der Waals surface area contributed by atoms with Crippen LogP contribution in [0, 0.1) is 6.92 Å². The molecule has 0 saturated heterocycles. The summed E-state index contributed by atoms with van der Waals surface area (Å²) in [6.45, 7) is 2.07. The molecule has 4 heteroatoms. The van der Waals surface area contributed by atoms with Crippen LogP contribution in [-0.2, 0) is 0 Å². The molecule has 2 rings (SSSR count). The topological polar surface area (TPSA) is 0 Å². The summed E-state index contributed by atoms with van der Waals surface area (Å²) in [6.07, 6.45) is 0. The van der Waals surface area contributed by atoms with Gasteiger partial charge in [-0.15, -0.1) is 22.9 Å². The molecule has 0 nitrogen and oxygen atoms in total. The summed E-state index contributed by atoms with van der Waals surface area (Å²) in [5, 5.41) is 1.95. The van der Waals surface area contributed by atoms with Gasteiger partial charge < -0.3 is 0 Å². The van der Waals surface area contributed by atoms with Gasteiger partial charge in [-0.3, -0.25) is 0 Å². The number of alkyl halides is 1. The van der Waals surface area contributed by atoms with E-state index in [9.17, 15) is 0 Å². The SMILES string of the molecule is Cc1ccc(C(Cl)c2sccc2Br)cc1Br. The molecule has 1 unspecified atom stereocenters. The van der Waals surface area contributed by atoms with Crippen molar-refractivity contribution in [1.82, 2.24) is 0 Å². The molecule has 0 aliphatic heterocycles. The second-order valence-electron chi connectivity index (χ2n) is 3.50.